The van der Waals surface area contributed by atoms with E-state index in [1.807, 2.05) is 45.0 Å². The summed E-state index contributed by atoms with van der Waals surface area (Å²) in [7, 11) is 0. The molecule has 0 radical (unpaired) electrons. The predicted octanol–water partition coefficient (Wildman–Crippen LogP) is 2.72. The molecule has 1 aromatic heterocycles. The van der Waals surface area contributed by atoms with E-state index in [4.69, 9.17) is 0 Å². The fourth-order valence-electron chi connectivity index (χ4n) is 3.47. The summed E-state index contributed by atoms with van der Waals surface area (Å²) in [6, 6.07) is 13.0. The highest BCUT2D eigenvalue weighted by atomic mass is 16.2. The summed E-state index contributed by atoms with van der Waals surface area (Å²) in [5.41, 5.74) is 3.91. The molecule has 0 aliphatic rings. The maximum absolute atomic E-state index is 13.0. The van der Waals surface area contributed by atoms with Crippen LogP contribution in [0.5, 0.6) is 0 Å². The molecule has 0 fully saturated rings. The Bertz CT molecular complexity index is 1130. The van der Waals surface area contributed by atoms with E-state index in [0.29, 0.717) is 23.3 Å². The minimum atomic E-state index is -0.353. The predicted molar refractivity (Wildman–Crippen MR) is 118 cm³/mol. The number of rotatable bonds is 7. The van der Waals surface area contributed by atoms with Crippen LogP contribution in [-0.4, -0.2) is 27.9 Å². The van der Waals surface area contributed by atoms with Gasteiger partial charge in [-0.15, -0.1) is 0 Å². The summed E-state index contributed by atoms with van der Waals surface area (Å²) in [5.74, 6) is -0.431. The monoisotopic (exact) mass is 406 g/mol. The van der Waals surface area contributed by atoms with Gasteiger partial charge >= 0.3 is 0 Å². The van der Waals surface area contributed by atoms with Crippen molar-refractivity contribution in [2.45, 2.75) is 40.2 Å². The first kappa shape index (κ1) is 21.2. The lowest BCUT2D eigenvalue weighted by Gasteiger charge is -2.13. The summed E-state index contributed by atoms with van der Waals surface area (Å²) in [6.07, 6.45) is 0.386. The second kappa shape index (κ2) is 9.35. The van der Waals surface area contributed by atoms with E-state index in [0.717, 1.165) is 11.1 Å². The molecule has 0 saturated carbocycles. The molecule has 0 spiro atoms. The maximum atomic E-state index is 13.0. The summed E-state index contributed by atoms with van der Waals surface area (Å²) >= 11 is 0. The number of amides is 2. The van der Waals surface area contributed by atoms with Crippen LogP contribution in [0.3, 0.4) is 0 Å². The number of para-hydroxylation sites is 2. The number of nitrogens with one attached hydrogen (secondary N) is 2. The van der Waals surface area contributed by atoms with E-state index in [1.165, 1.54) is 4.57 Å². The van der Waals surface area contributed by atoms with Gasteiger partial charge in [0.1, 0.15) is 12.2 Å². The number of aromatic nitrogens is 2. The van der Waals surface area contributed by atoms with Crippen molar-refractivity contribution in [2.75, 3.05) is 11.9 Å². The third-order valence-electron chi connectivity index (χ3n) is 4.69. The van der Waals surface area contributed by atoms with Crippen LogP contribution in [0, 0.1) is 13.8 Å². The molecule has 3 aromatic rings. The molecule has 2 amide bonds. The first-order valence-corrected chi connectivity index (χ1v) is 10.0. The SMILES string of the molecule is CCNC(=O)CCc1nc2ccccc2n(CC(=O)Nc2cc(C)cc(C)c2)c1=O. The van der Waals surface area contributed by atoms with Gasteiger partial charge in [0.2, 0.25) is 11.8 Å². The summed E-state index contributed by atoms with van der Waals surface area (Å²) < 4.78 is 1.42. The van der Waals surface area contributed by atoms with Gasteiger partial charge in [-0.3, -0.25) is 19.0 Å². The van der Waals surface area contributed by atoms with E-state index in [1.54, 1.807) is 18.2 Å². The largest absolute Gasteiger partial charge is 0.356 e. The van der Waals surface area contributed by atoms with Gasteiger partial charge < -0.3 is 10.6 Å². The Kier molecular flexibility index (Phi) is 6.61. The van der Waals surface area contributed by atoms with Gasteiger partial charge in [0.05, 0.1) is 11.0 Å². The third-order valence-corrected chi connectivity index (χ3v) is 4.69. The number of hydrogen-bond donors (Lipinski definition) is 2. The topological polar surface area (TPSA) is 93.1 Å². The Morgan fingerprint density at radius 3 is 2.43 bits per heavy atom. The van der Waals surface area contributed by atoms with E-state index in [-0.39, 0.29) is 42.5 Å². The van der Waals surface area contributed by atoms with Crippen LogP contribution in [0.25, 0.3) is 11.0 Å². The molecule has 2 aromatic carbocycles. The first-order chi connectivity index (χ1) is 14.4. The quantitative estimate of drug-likeness (QED) is 0.631. The molecular weight excluding hydrogens is 380 g/mol. The minimum Gasteiger partial charge on any atom is -0.356 e. The molecule has 7 heteroatoms. The summed E-state index contributed by atoms with van der Waals surface area (Å²) in [5, 5.41) is 5.58. The lowest BCUT2D eigenvalue weighted by Crippen LogP contribution is -2.32. The molecule has 0 saturated heterocycles. The van der Waals surface area contributed by atoms with E-state index >= 15 is 0 Å². The van der Waals surface area contributed by atoms with Crippen LogP contribution in [0.1, 0.15) is 30.2 Å². The van der Waals surface area contributed by atoms with Crippen LogP contribution >= 0.6 is 0 Å². The lowest BCUT2D eigenvalue weighted by atomic mass is 10.1. The number of fused-ring (bicyclic) bond motifs is 1. The molecule has 7 nitrogen and oxygen atoms in total. The molecule has 0 aliphatic heterocycles. The van der Waals surface area contributed by atoms with Gasteiger partial charge in [0.15, 0.2) is 0 Å². The first-order valence-electron chi connectivity index (χ1n) is 10.0. The number of benzene rings is 2. The standard InChI is InChI=1S/C23H26N4O3/c1-4-24-21(28)10-9-19-23(30)27(20-8-6-5-7-18(20)26-19)14-22(29)25-17-12-15(2)11-16(3)13-17/h5-8,11-13H,4,9-10,14H2,1-3H3,(H,24,28)(H,25,29). The Morgan fingerprint density at radius 1 is 1.03 bits per heavy atom. The number of aryl methyl sites for hydroxylation is 3. The fraction of sp³-hybridized carbons (Fsp3) is 0.304. The average molecular weight is 406 g/mol. The zero-order valence-electron chi connectivity index (χ0n) is 17.5. The Labute approximate surface area is 175 Å². The van der Waals surface area contributed by atoms with Gasteiger partial charge in [-0.05, 0) is 56.2 Å². The number of hydrogen-bond acceptors (Lipinski definition) is 4. The molecule has 156 valence electrons. The highest BCUT2D eigenvalue weighted by molar-refractivity contribution is 5.91. The molecule has 2 N–H and O–H groups in total. The number of nitrogens with zero attached hydrogens (tertiary/aromatic N) is 2. The Hall–Kier alpha value is -3.48. The zero-order valence-corrected chi connectivity index (χ0v) is 17.5. The number of carbonyl (C=O) groups is 2. The van der Waals surface area contributed by atoms with E-state index in [2.05, 4.69) is 15.6 Å². The van der Waals surface area contributed by atoms with Crippen molar-refractivity contribution in [1.29, 1.82) is 0 Å². The molecule has 0 atom stereocenters. The Morgan fingerprint density at radius 2 is 1.73 bits per heavy atom. The molecule has 0 unspecified atom stereocenters. The van der Waals surface area contributed by atoms with Crippen molar-refractivity contribution in [2.24, 2.45) is 0 Å². The van der Waals surface area contributed by atoms with Crippen LogP contribution in [0.15, 0.2) is 47.3 Å². The van der Waals surface area contributed by atoms with Crippen molar-refractivity contribution >= 4 is 28.5 Å². The molecule has 3 rings (SSSR count). The minimum absolute atomic E-state index is 0.133. The highest BCUT2D eigenvalue weighted by Gasteiger charge is 2.15. The highest BCUT2D eigenvalue weighted by Crippen LogP contribution is 2.15. The van der Waals surface area contributed by atoms with E-state index < -0.39 is 0 Å². The zero-order chi connectivity index (χ0) is 21.7. The van der Waals surface area contributed by atoms with Crippen molar-refractivity contribution < 1.29 is 9.59 Å². The Balaban J connectivity index is 1.89. The van der Waals surface area contributed by atoms with E-state index in [9.17, 15) is 14.4 Å². The van der Waals surface area contributed by atoms with Gasteiger partial charge in [-0.25, -0.2) is 4.98 Å². The van der Waals surface area contributed by atoms with Gasteiger partial charge in [0, 0.05) is 25.1 Å². The van der Waals surface area contributed by atoms with Crippen LogP contribution < -0.4 is 16.2 Å². The van der Waals surface area contributed by atoms with Crippen LogP contribution in [-0.2, 0) is 22.6 Å². The fourth-order valence-corrected chi connectivity index (χ4v) is 3.47. The normalized spacial score (nSPS) is 10.8. The second-order valence-electron chi connectivity index (χ2n) is 7.32. The number of carbonyl (C=O) groups excluding carboxylic acids is 2. The maximum Gasteiger partial charge on any atom is 0.273 e. The average Bonchev–Trinajstić information content (AvgIpc) is 2.68. The third kappa shape index (κ3) is 5.11. The van der Waals surface area contributed by atoms with Crippen LogP contribution in [0.2, 0.25) is 0 Å². The second-order valence-corrected chi connectivity index (χ2v) is 7.32. The molecule has 0 aliphatic carbocycles. The lowest BCUT2D eigenvalue weighted by molar-refractivity contribution is -0.121. The molecule has 0 bridgehead atoms. The van der Waals surface area contributed by atoms with Gasteiger partial charge in [-0.2, -0.15) is 0 Å². The van der Waals surface area contributed by atoms with Gasteiger partial charge in [-0.1, -0.05) is 18.2 Å². The van der Waals surface area contributed by atoms with Crippen LogP contribution in [0.4, 0.5) is 5.69 Å². The summed E-state index contributed by atoms with van der Waals surface area (Å²) in [4.78, 5) is 42.0. The van der Waals surface area contributed by atoms with Crippen molar-refractivity contribution in [3.05, 3.63) is 69.6 Å². The summed E-state index contributed by atoms with van der Waals surface area (Å²) in [6.45, 7) is 6.16. The molecule has 30 heavy (non-hydrogen) atoms. The molecular formula is C23H26N4O3. The smallest absolute Gasteiger partial charge is 0.273 e. The van der Waals surface area contributed by atoms with Gasteiger partial charge in [0.25, 0.3) is 5.56 Å². The van der Waals surface area contributed by atoms with Crippen molar-refractivity contribution in [3.8, 4) is 0 Å². The number of anilines is 1. The van der Waals surface area contributed by atoms with Crippen molar-refractivity contribution in [3.63, 3.8) is 0 Å². The van der Waals surface area contributed by atoms with Crippen molar-refractivity contribution in [1.82, 2.24) is 14.9 Å². The molecule has 1 heterocycles.